The van der Waals surface area contributed by atoms with E-state index < -0.39 is 0 Å². The van der Waals surface area contributed by atoms with Crippen LogP contribution in [-0.4, -0.2) is 67.0 Å². The van der Waals surface area contributed by atoms with Gasteiger partial charge in [-0.25, -0.2) is 4.98 Å². The zero-order valence-electron chi connectivity index (χ0n) is 17.7. The van der Waals surface area contributed by atoms with Gasteiger partial charge in [-0.3, -0.25) is 9.59 Å². The smallest absolute Gasteiger partial charge is 0.273 e. The van der Waals surface area contributed by atoms with E-state index in [0.717, 1.165) is 10.6 Å². The fraction of sp³-hybridized carbons (Fsp3) is 0.261. The molecule has 0 bridgehead atoms. The Morgan fingerprint density at radius 3 is 2.22 bits per heavy atom. The van der Waals surface area contributed by atoms with Gasteiger partial charge < -0.3 is 19.3 Å². The number of methoxy groups -OCH3 is 2. The number of hydrogen-bond donors (Lipinski definition) is 0. The van der Waals surface area contributed by atoms with E-state index in [-0.39, 0.29) is 11.8 Å². The molecule has 1 aromatic heterocycles. The summed E-state index contributed by atoms with van der Waals surface area (Å²) >= 11 is 7.36. The SMILES string of the molecule is COc1ccc(C(=O)N2CCN(C(=O)c3csc(-c4ccc(Cl)cc4)n3)CC2)c(OC)c1. The van der Waals surface area contributed by atoms with Crippen LogP contribution in [0.1, 0.15) is 20.8 Å². The van der Waals surface area contributed by atoms with Crippen molar-refractivity contribution >= 4 is 34.8 Å². The lowest BCUT2D eigenvalue weighted by molar-refractivity contribution is 0.0531. The summed E-state index contributed by atoms with van der Waals surface area (Å²) in [5.74, 6) is 0.825. The van der Waals surface area contributed by atoms with Crippen molar-refractivity contribution in [1.29, 1.82) is 0 Å². The standard InChI is InChI=1S/C23H22ClN3O4S/c1-30-17-7-8-18(20(13-17)31-2)22(28)26-9-11-27(12-10-26)23(29)19-14-32-21(25-19)15-3-5-16(24)6-4-15/h3-8,13-14H,9-12H2,1-2H3. The number of nitrogens with zero attached hydrogens (tertiary/aromatic N) is 3. The van der Waals surface area contributed by atoms with Crippen molar-refractivity contribution in [2.24, 2.45) is 0 Å². The van der Waals surface area contributed by atoms with Gasteiger partial charge in [0, 0.05) is 48.2 Å². The third kappa shape index (κ3) is 4.56. The van der Waals surface area contributed by atoms with Crippen LogP contribution >= 0.6 is 22.9 Å². The van der Waals surface area contributed by atoms with Gasteiger partial charge in [0.1, 0.15) is 22.2 Å². The molecule has 1 aliphatic heterocycles. The Kier molecular flexibility index (Phi) is 6.62. The van der Waals surface area contributed by atoms with Crippen molar-refractivity contribution in [3.05, 3.63) is 64.1 Å². The minimum Gasteiger partial charge on any atom is -0.497 e. The van der Waals surface area contributed by atoms with Crippen LogP contribution in [0.3, 0.4) is 0 Å². The summed E-state index contributed by atoms with van der Waals surface area (Å²) in [5, 5.41) is 3.19. The number of benzene rings is 2. The molecule has 2 aromatic carbocycles. The summed E-state index contributed by atoms with van der Waals surface area (Å²) in [6, 6.07) is 12.5. The number of thiazole rings is 1. The number of ether oxygens (including phenoxy) is 2. The molecule has 2 heterocycles. The lowest BCUT2D eigenvalue weighted by Gasteiger charge is -2.34. The van der Waals surface area contributed by atoms with E-state index in [9.17, 15) is 9.59 Å². The number of halogens is 1. The summed E-state index contributed by atoms with van der Waals surface area (Å²) in [6.45, 7) is 1.76. The first-order chi connectivity index (χ1) is 15.5. The molecule has 0 unspecified atom stereocenters. The topological polar surface area (TPSA) is 72.0 Å². The first kappa shape index (κ1) is 22.1. The lowest BCUT2D eigenvalue weighted by Crippen LogP contribution is -2.50. The first-order valence-electron chi connectivity index (χ1n) is 10.0. The Morgan fingerprint density at radius 2 is 1.59 bits per heavy atom. The van der Waals surface area contributed by atoms with Gasteiger partial charge in [0.25, 0.3) is 11.8 Å². The molecule has 32 heavy (non-hydrogen) atoms. The largest absolute Gasteiger partial charge is 0.497 e. The highest BCUT2D eigenvalue weighted by molar-refractivity contribution is 7.13. The van der Waals surface area contributed by atoms with Crippen molar-refractivity contribution < 1.29 is 19.1 Å². The fourth-order valence-electron chi connectivity index (χ4n) is 3.52. The zero-order chi connectivity index (χ0) is 22.7. The Labute approximate surface area is 195 Å². The van der Waals surface area contributed by atoms with E-state index in [1.165, 1.54) is 18.4 Å². The van der Waals surface area contributed by atoms with Gasteiger partial charge in [0.05, 0.1) is 19.8 Å². The Balaban J connectivity index is 1.40. The van der Waals surface area contributed by atoms with E-state index in [4.69, 9.17) is 21.1 Å². The molecule has 7 nitrogen and oxygen atoms in total. The van der Waals surface area contributed by atoms with Crippen LogP contribution in [0, 0.1) is 0 Å². The molecule has 0 atom stereocenters. The minimum absolute atomic E-state index is 0.129. The molecule has 1 saturated heterocycles. The van der Waals surface area contributed by atoms with E-state index >= 15 is 0 Å². The molecule has 1 fully saturated rings. The van der Waals surface area contributed by atoms with E-state index in [0.29, 0.717) is 54.0 Å². The fourth-order valence-corrected chi connectivity index (χ4v) is 4.44. The highest BCUT2D eigenvalue weighted by Gasteiger charge is 2.28. The monoisotopic (exact) mass is 471 g/mol. The molecule has 0 aliphatic carbocycles. The number of carbonyl (C=O) groups is 2. The first-order valence-corrected chi connectivity index (χ1v) is 11.3. The highest BCUT2D eigenvalue weighted by Crippen LogP contribution is 2.27. The number of rotatable bonds is 5. The molecule has 166 valence electrons. The molecule has 2 amide bonds. The van der Waals surface area contributed by atoms with Crippen molar-refractivity contribution in [2.75, 3.05) is 40.4 Å². The normalized spacial score (nSPS) is 13.7. The molecular formula is C23H22ClN3O4S. The molecule has 3 aromatic rings. The molecule has 0 N–H and O–H groups in total. The molecule has 9 heteroatoms. The molecule has 1 aliphatic rings. The lowest BCUT2D eigenvalue weighted by atomic mass is 10.1. The summed E-state index contributed by atoms with van der Waals surface area (Å²) in [5.41, 5.74) is 1.80. The third-order valence-electron chi connectivity index (χ3n) is 5.31. The maximum atomic E-state index is 13.0. The summed E-state index contributed by atoms with van der Waals surface area (Å²) in [4.78, 5) is 33.9. The van der Waals surface area contributed by atoms with E-state index in [1.807, 2.05) is 12.1 Å². The number of amides is 2. The van der Waals surface area contributed by atoms with Crippen molar-refractivity contribution in [1.82, 2.24) is 14.8 Å². The van der Waals surface area contributed by atoms with E-state index in [2.05, 4.69) is 4.98 Å². The summed E-state index contributed by atoms with van der Waals surface area (Å²) < 4.78 is 10.6. The third-order valence-corrected chi connectivity index (χ3v) is 6.45. The van der Waals surface area contributed by atoms with Crippen LogP contribution < -0.4 is 9.47 Å². The Morgan fingerprint density at radius 1 is 0.938 bits per heavy atom. The van der Waals surface area contributed by atoms with Gasteiger partial charge in [0.15, 0.2) is 0 Å². The van der Waals surface area contributed by atoms with Gasteiger partial charge in [-0.2, -0.15) is 0 Å². The average molecular weight is 472 g/mol. The van der Waals surface area contributed by atoms with Crippen molar-refractivity contribution in [2.45, 2.75) is 0 Å². The van der Waals surface area contributed by atoms with Gasteiger partial charge in [-0.15, -0.1) is 11.3 Å². The number of piperazine rings is 1. The molecule has 0 spiro atoms. The van der Waals surface area contributed by atoms with E-state index in [1.54, 1.807) is 52.6 Å². The van der Waals surface area contributed by atoms with Crippen LogP contribution in [0.5, 0.6) is 11.5 Å². The van der Waals surface area contributed by atoms with Crippen LogP contribution in [-0.2, 0) is 0 Å². The summed E-state index contributed by atoms with van der Waals surface area (Å²) in [7, 11) is 3.08. The van der Waals surface area contributed by atoms with Crippen LogP contribution in [0.15, 0.2) is 47.8 Å². The Bertz CT molecular complexity index is 1120. The van der Waals surface area contributed by atoms with Crippen molar-refractivity contribution in [3.8, 4) is 22.1 Å². The molecular weight excluding hydrogens is 450 g/mol. The zero-order valence-corrected chi connectivity index (χ0v) is 19.3. The average Bonchev–Trinajstić information content (AvgIpc) is 3.33. The predicted octanol–water partition coefficient (Wildman–Crippen LogP) is 4.08. The second-order valence-corrected chi connectivity index (χ2v) is 8.49. The predicted molar refractivity (Wildman–Crippen MR) is 124 cm³/mol. The van der Waals surface area contributed by atoms with Crippen molar-refractivity contribution in [3.63, 3.8) is 0 Å². The van der Waals surface area contributed by atoms with Crippen LogP contribution in [0.2, 0.25) is 5.02 Å². The molecule has 0 saturated carbocycles. The summed E-state index contributed by atoms with van der Waals surface area (Å²) in [6.07, 6.45) is 0. The second kappa shape index (κ2) is 9.58. The minimum atomic E-state index is -0.129. The van der Waals surface area contributed by atoms with Gasteiger partial charge in [-0.05, 0) is 24.3 Å². The second-order valence-electron chi connectivity index (χ2n) is 7.20. The molecule has 4 rings (SSSR count). The van der Waals surface area contributed by atoms with Gasteiger partial charge in [0.2, 0.25) is 0 Å². The maximum Gasteiger partial charge on any atom is 0.273 e. The molecule has 0 radical (unpaired) electrons. The Hall–Kier alpha value is -3.10. The van der Waals surface area contributed by atoms with Crippen LogP contribution in [0.25, 0.3) is 10.6 Å². The number of hydrogen-bond acceptors (Lipinski definition) is 6. The van der Waals surface area contributed by atoms with Crippen LogP contribution in [0.4, 0.5) is 0 Å². The highest BCUT2D eigenvalue weighted by atomic mass is 35.5. The quantitative estimate of drug-likeness (QED) is 0.560. The maximum absolute atomic E-state index is 13.0. The van der Waals surface area contributed by atoms with Gasteiger partial charge >= 0.3 is 0 Å². The number of aromatic nitrogens is 1. The van der Waals surface area contributed by atoms with Gasteiger partial charge in [-0.1, -0.05) is 23.7 Å². The number of carbonyl (C=O) groups excluding carboxylic acids is 2.